The molecule has 0 atom stereocenters. The summed E-state index contributed by atoms with van der Waals surface area (Å²) >= 11 is 0. The summed E-state index contributed by atoms with van der Waals surface area (Å²) in [6.45, 7) is 2.40. The van der Waals surface area contributed by atoms with Crippen molar-refractivity contribution >= 4 is 5.91 Å². The molecule has 1 rings (SSSR count). The van der Waals surface area contributed by atoms with E-state index in [0.717, 1.165) is 0 Å². The van der Waals surface area contributed by atoms with E-state index in [1.54, 1.807) is 0 Å². The SMILES string of the molecule is CCOCC(=O)Nn1cnnc1. The van der Waals surface area contributed by atoms with E-state index >= 15 is 0 Å². The van der Waals surface area contributed by atoms with Crippen LogP contribution in [0, 0.1) is 0 Å². The molecule has 0 aliphatic carbocycles. The van der Waals surface area contributed by atoms with Gasteiger partial charge in [-0.05, 0) is 6.92 Å². The molecule has 6 heteroatoms. The average Bonchev–Trinajstić information content (AvgIpc) is 2.53. The Morgan fingerprint density at radius 1 is 1.58 bits per heavy atom. The van der Waals surface area contributed by atoms with Crippen LogP contribution in [0.5, 0.6) is 0 Å². The van der Waals surface area contributed by atoms with Crippen LogP contribution in [0.3, 0.4) is 0 Å². The van der Waals surface area contributed by atoms with Crippen LogP contribution in [-0.2, 0) is 9.53 Å². The third-order valence-electron chi connectivity index (χ3n) is 1.11. The van der Waals surface area contributed by atoms with E-state index in [1.807, 2.05) is 6.92 Å². The van der Waals surface area contributed by atoms with E-state index in [2.05, 4.69) is 15.6 Å². The molecule has 1 aromatic heterocycles. The van der Waals surface area contributed by atoms with Crippen molar-refractivity contribution in [1.29, 1.82) is 0 Å². The van der Waals surface area contributed by atoms with Gasteiger partial charge in [0, 0.05) is 6.61 Å². The lowest BCUT2D eigenvalue weighted by molar-refractivity contribution is -0.121. The first-order valence-corrected chi connectivity index (χ1v) is 3.55. The number of ether oxygens (including phenoxy) is 1. The zero-order chi connectivity index (χ0) is 8.81. The van der Waals surface area contributed by atoms with Crippen molar-refractivity contribution < 1.29 is 9.53 Å². The maximum absolute atomic E-state index is 11.0. The predicted molar refractivity (Wildman–Crippen MR) is 40.9 cm³/mol. The fourth-order valence-corrected chi connectivity index (χ4v) is 0.629. The van der Waals surface area contributed by atoms with E-state index in [0.29, 0.717) is 6.61 Å². The highest BCUT2D eigenvalue weighted by Gasteiger charge is 1.99. The number of hydrogen-bond donors (Lipinski definition) is 1. The quantitative estimate of drug-likeness (QED) is 0.654. The topological polar surface area (TPSA) is 69.0 Å². The minimum atomic E-state index is -0.225. The van der Waals surface area contributed by atoms with Crippen molar-refractivity contribution in [3.63, 3.8) is 0 Å². The first-order chi connectivity index (χ1) is 5.83. The molecule has 1 amide bonds. The maximum Gasteiger partial charge on any atom is 0.264 e. The Labute approximate surface area is 69.5 Å². The second-order valence-corrected chi connectivity index (χ2v) is 2.04. The summed E-state index contributed by atoms with van der Waals surface area (Å²) in [4.78, 5) is 11.0. The summed E-state index contributed by atoms with van der Waals surface area (Å²) in [7, 11) is 0. The largest absolute Gasteiger partial charge is 0.372 e. The van der Waals surface area contributed by atoms with Gasteiger partial charge in [-0.15, -0.1) is 10.2 Å². The Kier molecular flexibility index (Phi) is 3.21. The van der Waals surface area contributed by atoms with Gasteiger partial charge in [0.2, 0.25) is 0 Å². The average molecular weight is 170 g/mol. The number of amides is 1. The first-order valence-electron chi connectivity index (χ1n) is 3.55. The van der Waals surface area contributed by atoms with Crippen molar-refractivity contribution in [3.05, 3.63) is 12.7 Å². The van der Waals surface area contributed by atoms with Crippen LogP contribution in [-0.4, -0.2) is 34.0 Å². The Hall–Kier alpha value is -1.43. The molecule has 0 bridgehead atoms. The lowest BCUT2D eigenvalue weighted by Crippen LogP contribution is -2.25. The molecule has 0 aromatic carbocycles. The smallest absolute Gasteiger partial charge is 0.264 e. The molecule has 6 nitrogen and oxygen atoms in total. The van der Waals surface area contributed by atoms with Crippen LogP contribution in [0.25, 0.3) is 0 Å². The van der Waals surface area contributed by atoms with Crippen molar-refractivity contribution in [2.24, 2.45) is 0 Å². The van der Waals surface area contributed by atoms with E-state index in [-0.39, 0.29) is 12.5 Å². The summed E-state index contributed by atoms with van der Waals surface area (Å²) in [6.07, 6.45) is 2.79. The molecule has 1 aromatic rings. The normalized spacial score (nSPS) is 9.75. The Bertz CT molecular complexity index is 234. The Morgan fingerprint density at radius 2 is 2.25 bits per heavy atom. The molecule has 0 radical (unpaired) electrons. The fraction of sp³-hybridized carbons (Fsp3) is 0.500. The van der Waals surface area contributed by atoms with Gasteiger partial charge in [0.25, 0.3) is 5.91 Å². The lowest BCUT2D eigenvalue weighted by Gasteiger charge is -2.03. The monoisotopic (exact) mass is 170 g/mol. The van der Waals surface area contributed by atoms with E-state index < -0.39 is 0 Å². The van der Waals surface area contributed by atoms with E-state index in [4.69, 9.17) is 4.74 Å². The van der Waals surface area contributed by atoms with Crippen molar-refractivity contribution in [1.82, 2.24) is 14.9 Å². The summed E-state index contributed by atoms with van der Waals surface area (Å²) in [5.74, 6) is -0.225. The van der Waals surface area contributed by atoms with Crippen molar-refractivity contribution in [3.8, 4) is 0 Å². The third-order valence-corrected chi connectivity index (χ3v) is 1.11. The van der Waals surface area contributed by atoms with Crippen LogP contribution in [0.1, 0.15) is 6.92 Å². The summed E-state index contributed by atoms with van der Waals surface area (Å²) in [6, 6.07) is 0. The van der Waals surface area contributed by atoms with Gasteiger partial charge in [-0.1, -0.05) is 0 Å². The van der Waals surface area contributed by atoms with E-state index in [1.165, 1.54) is 17.3 Å². The van der Waals surface area contributed by atoms with Gasteiger partial charge in [-0.25, -0.2) is 4.68 Å². The van der Waals surface area contributed by atoms with Crippen LogP contribution in [0.2, 0.25) is 0 Å². The number of carbonyl (C=O) groups excluding carboxylic acids is 1. The number of hydrogen-bond acceptors (Lipinski definition) is 4. The van der Waals surface area contributed by atoms with Gasteiger partial charge < -0.3 is 4.74 Å². The molecular weight excluding hydrogens is 160 g/mol. The highest BCUT2D eigenvalue weighted by atomic mass is 16.5. The van der Waals surface area contributed by atoms with Crippen molar-refractivity contribution in [2.45, 2.75) is 6.92 Å². The zero-order valence-corrected chi connectivity index (χ0v) is 6.73. The maximum atomic E-state index is 11.0. The molecule has 1 N–H and O–H groups in total. The van der Waals surface area contributed by atoms with Gasteiger partial charge in [-0.2, -0.15) is 0 Å². The van der Waals surface area contributed by atoms with Crippen LogP contribution < -0.4 is 5.43 Å². The highest BCUT2D eigenvalue weighted by Crippen LogP contribution is 1.78. The number of carbonyl (C=O) groups is 1. The second kappa shape index (κ2) is 4.45. The minimum Gasteiger partial charge on any atom is -0.372 e. The minimum absolute atomic E-state index is 0.0503. The Morgan fingerprint density at radius 3 is 2.83 bits per heavy atom. The van der Waals surface area contributed by atoms with Gasteiger partial charge in [-0.3, -0.25) is 10.2 Å². The number of aromatic nitrogens is 3. The zero-order valence-electron chi connectivity index (χ0n) is 6.73. The number of nitrogens with one attached hydrogen (secondary N) is 1. The number of rotatable bonds is 4. The van der Waals surface area contributed by atoms with Gasteiger partial charge in [0.15, 0.2) is 0 Å². The second-order valence-electron chi connectivity index (χ2n) is 2.04. The number of nitrogens with zero attached hydrogens (tertiary/aromatic N) is 3. The first kappa shape index (κ1) is 8.66. The highest BCUT2D eigenvalue weighted by molar-refractivity contribution is 5.84. The van der Waals surface area contributed by atoms with Gasteiger partial charge in [0.1, 0.15) is 19.3 Å². The molecule has 1 heterocycles. The molecule has 0 saturated carbocycles. The Balaban J connectivity index is 2.27. The molecule has 66 valence electrons. The molecule has 12 heavy (non-hydrogen) atoms. The fourth-order valence-electron chi connectivity index (χ4n) is 0.629. The predicted octanol–water partition coefficient (Wildman–Crippen LogP) is -0.615. The molecular formula is C6H10N4O2. The summed E-state index contributed by atoms with van der Waals surface area (Å²) < 4.78 is 6.24. The summed E-state index contributed by atoms with van der Waals surface area (Å²) in [5.41, 5.74) is 2.48. The summed E-state index contributed by atoms with van der Waals surface area (Å²) in [5, 5.41) is 7.03. The molecule has 0 aliphatic rings. The van der Waals surface area contributed by atoms with Crippen LogP contribution >= 0.6 is 0 Å². The molecule has 0 fully saturated rings. The molecule has 0 unspecified atom stereocenters. The lowest BCUT2D eigenvalue weighted by atomic mass is 10.7. The standard InChI is InChI=1S/C6H10N4O2/c1-2-12-3-6(11)9-10-4-7-8-5-10/h4-5H,2-3H2,1H3,(H,9,11). The van der Waals surface area contributed by atoms with Crippen LogP contribution in [0.15, 0.2) is 12.7 Å². The molecule has 0 saturated heterocycles. The molecule has 0 aliphatic heterocycles. The van der Waals surface area contributed by atoms with Gasteiger partial charge in [0.05, 0.1) is 0 Å². The van der Waals surface area contributed by atoms with Gasteiger partial charge >= 0.3 is 0 Å². The van der Waals surface area contributed by atoms with Crippen LogP contribution in [0.4, 0.5) is 0 Å². The van der Waals surface area contributed by atoms with Crippen molar-refractivity contribution in [2.75, 3.05) is 18.6 Å². The molecule has 0 spiro atoms. The third kappa shape index (κ3) is 2.67. The van der Waals surface area contributed by atoms with E-state index in [9.17, 15) is 4.79 Å².